The fourth-order valence-corrected chi connectivity index (χ4v) is 3.54. The third kappa shape index (κ3) is 5.64. The number of anilines is 1. The van der Waals surface area contributed by atoms with Crippen LogP contribution in [-0.2, 0) is 11.3 Å². The highest BCUT2D eigenvalue weighted by molar-refractivity contribution is 9.10. The topological polar surface area (TPSA) is 61.4 Å². The number of amides is 2. The number of nitrogens with one attached hydrogen (secondary N) is 2. The number of hydrogen-bond acceptors (Lipinski definition) is 3. The van der Waals surface area contributed by atoms with Crippen LogP contribution < -0.4 is 10.6 Å². The summed E-state index contributed by atoms with van der Waals surface area (Å²) >= 11 is 3.21. The minimum absolute atomic E-state index is 0.0333. The average molecular weight is 460 g/mol. The van der Waals surface area contributed by atoms with Gasteiger partial charge in [0.15, 0.2) is 0 Å². The van der Waals surface area contributed by atoms with Gasteiger partial charge in [0.25, 0.3) is 5.91 Å². The maximum Gasteiger partial charge on any atom is 0.251 e. The van der Waals surface area contributed by atoms with Crippen molar-refractivity contribution in [3.8, 4) is 0 Å². The van der Waals surface area contributed by atoms with Crippen LogP contribution in [0.2, 0.25) is 0 Å². The summed E-state index contributed by atoms with van der Waals surface area (Å²) in [4.78, 5) is 26.7. The molecule has 0 aliphatic heterocycles. The first-order chi connectivity index (χ1) is 14.0. The van der Waals surface area contributed by atoms with E-state index in [1.165, 1.54) is 6.07 Å². The molecule has 0 radical (unpaired) electrons. The van der Waals surface area contributed by atoms with Gasteiger partial charge >= 0.3 is 0 Å². The molecule has 2 fully saturated rings. The van der Waals surface area contributed by atoms with E-state index in [1.54, 1.807) is 12.1 Å². The Bertz CT molecular complexity index is 911. The molecule has 2 aromatic carbocycles. The second kappa shape index (κ2) is 8.63. The van der Waals surface area contributed by atoms with E-state index in [-0.39, 0.29) is 24.0 Å². The molecule has 2 saturated carbocycles. The highest BCUT2D eigenvalue weighted by Crippen LogP contribution is 2.28. The molecule has 2 aromatic rings. The number of benzene rings is 2. The van der Waals surface area contributed by atoms with Gasteiger partial charge in [0.1, 0.15) is 5.82 Å². The highest BCUT2D eigenvalue weighted by Gasteiger charge is 2.30. The van der Waals surface area contributed by atoms with Crippen molar-refractivity contribution in [2.45, 2.75) is 44.3 Å². The Morgan fingerprint density at radius 2 is 1.79 bits per heavy atom. The second-order valence-corrected chi connectivity index (χ2v) is 8.67. The number of halogens is 2. The van der Waals surface area contributed by atoms with E-state index in [9.17, 15) is 14.0 Å². The summed E-state index contributed by atoms with van der Waals surface area (Å²) in [6.45, 7) is 0.815. The highest BCUT2D eigenvalue weighted by atomic mass is 79.9. The summed E-state index contributed by atoms with van der Waals surface area (Å²) < 4.78 is 14.6. The van der Waals surface area contributed by atoms with E-state index < -0.39 is 5.82 Å². The van der Waals surface area contributed by atoms with E-state index in [4.69, 9.17) is 0 Å². The van der Waals surface area contributed by atoms with Crippen molar-refractivity contribution in [1.29, 1.82) is 0 Å². The van der Waals surface area contributed by atoms with Crippen molar-refractivity contribution < 1.29 is 14.0 Å². The Labute approximate surface area is 177 Å². The summed E-state index contributed by atoms with van der Waals surface area (Å²) in [6.07, 6.45) is 4.24. The summed E-state index contributed by atoms with van der Waals surface area (Å²) in [5.41, 5.74) is 1.88. The first-order valence-electron chi connectivity index (χ1n) is 9.87. The molecule has 0 atom stereocenters. The third-order valence-electron chi connectivity index (χ3n) is 5.13. The molecule has 2 aliphatic carbocycles. The van der Waals surface area contributed by atoms with Crippen molar-refractivity contribution in [3.63, 3.8) is 0 Å². The Hall–Kier alpha value is -2.25. The standard InChI is InChI=1S/C22H23BrFN3O2/c23-16-5-10-20(19(24)11-16)26-21(28)13-27(18-8-9-18)12-14-1-3-15(4-2-14)22(29)25-17-6-7-17/h1-5,10-11,17-18H,6-9,12-13H2,(H,25,29)(H,26,28). The van der Waals surface area contributed by atoms with Gasteiger partial charge in [-0.1, -0.05) is 28.1 Å². The molecule has 7 heteroatoms. The lowest BCUT2D eigenvalue weighted by molar-refractivity contribution is -0.117. The largest absolute Gasteiger partial charge is 0.349 e. The van der Waals surface area contributed by atoms with Gasteiger partial charge in [0.05, 0.1) is 12.2 Å². The summed E-state index contributed by atoms with van der Waals surface area (Å²) in [6, 6.07) is 12.8. The zero-order chi connectivity index (χ0) is 20.4. The molecule has 0 aromatic heterocycles. The maximum absolute atomic E-state index is 14.0. The predicted molar refractivity (Wildman–Crippen MR) is 113 cm³/mol. The van der Waals surface area contributed by atoms with Gasteiger partial charge in [-0.3, -0.25) is 14.5 Å². The van der Waals surface area contributed by atoms with Crippen LogP contribution in [0.15, 0.2) is 46.9 Å². The van der Waals surface area contributed by atoms with Crippen LogP contribution in [0.4, 0.5) is 10.1 Å². The minimum atomic E-state index is -0.467. The fourth-order valence-electron chi connectivity index (χ4n) is 3.21. The quantitative estimate of drug-likeness (QED) is 0.624. The lowest BCUT2D eigenvalue weighted by atomic mass is 10.1. The Kier molecular flexibility index (Phi) is 5.96. The monoisotopic (exact) mass is 459 g/mol. The summed E-state index contributed by atoms with van der Waals surface area (Å²) in [5.74, 6) is -0.738. The van der Waals surface area contributed by atoms with Crippen LogP contribution in [0.25, 0.3) is 0 Å². The average Bonchev–Trinajstić information content (AvgIpc) is 3.58. The van der Waals surface area contributed by atoms with E-state index in [0.29, 0.717) is 28.7 Å². The normalized spacial score (nSPS) is 16.0. The van der Waals surface area contributed by atoms with Gasteiger partial charge in [0.2, 0.25) is 5.91 Å². The van der Waals surface area contributed by atoms with Gasteiger partial charge < -0.3 is 10.6 Å². The van der Waals surface area contributed by atoms with Gasteiger partial charge in [-0.05, 0) is 61.6 Å². The van der Waals surface area contributed by atoms with Crippen LogP contribution in [0.3, 0.4) is 0 Å². The van der Waals surface area contributed by atoms with Gasteiger partial charge in [-0.25, -0.2) is 4.39 Å². The predicted octanol–water partition coefficient (Wildman–Crippen LogP) is 4.08. The molecule has 0 bridgehead atoms. The molecule has 2 amide bonds. The molecule has 0 heterocycles. The zero-order valence-electron chi connectivity index (χ0n) is 16.0. The van der Waals surface area contributed by atoms with Crippen molar-refractivity contribution >= 4 is 33.4 Å². The van der Waals surface area contributed by atoms with Gasteiger partial charge in [-0.2, -0.15) is 0 Å². The molecular formula is C22H23BrFN3O2. The Morgan fingerprint density at radius 3 is 2.41 bits per heavy atom. The number of rotatable bonds is 8. The molecule has 0 spiro atoms. The van der Waals surface area contributed by atoms with Crippen LogP contribution in [0, 0.1) is 5.82 Å². The number of nitrogens with zero attached hydrogens (tertiary/aromatic N) is 1. The number of carbonyl (C=O) groups is 2. The molecule has 2 N–H and O–H groups in total. The van der Waals surface area contributed by atoms with Crippen molar-refractivity contribution in [2.75, 3.05) is 11.9 Å². The first-order valence-corrected chi connectivity index (χ1v) is 10.7. The fraction of sp³-hybridized carbons (Fsp3) is 0.364. The van der Waals surface area contributed by atoms with Crippen molar-refractivity contribution in [1.82, 2.24) is 10.2 Å². The Morgan fingerprint density at radius 1 is 1.07 bits per heavy atom. The third-order valence-corrected chi connectivity index (χ3v) is 5.62. The maximum atomic E-state index is 14.0. The summed E-state index contributed by atoms with van der Waals surface area (Å²) in [7, 11) is 0. The lowest BCUT2D eigenvalue weighted by Gasteiger charge is -2.21. The molecule has 0 unspecified atom stereocenters. The minimum Gasteiger partial charge on any atom is -0.349 e. The van der Waals surface area contributed by atoms with Gasteiger partial charge in [-0.15, -0.1) is 0 Å². The first kappa shape index (κ1) is 20.0. The van der Waals surface area contributed by atoms with Crippen LogP contribution >= 0.6 is 15.9 Å². The molecule has 29 heavy (non-hydrogen) atoms. The number of hydrogen-bond donors (Lipinski definition) is 2. The van der Waals surface area contributed by atoms with Gasteiger partial charge in [0, 0.05) is 28.7 Å². The lowest BCUT2D eigenvalue weighted by Crippen LogP contribution is -2.34. The van der Waals surface area contributed by atoms with Crippen LogP contribution in [-0.4, -0.2) is 35.3 Å². The molecule has 4 rings (SSSR count). The second-order valence-electron chi connectivity index (χ2n) is 7.75. The van der Waals surface area contributed by atoms with E-state index in [1.807, 2.05) is 24.3 Å². The smallest absolute Gasteiger partial charge is 0.251 e. The van der Waals surface area contributed by atoms with Crippen molar-refractivity contribution in [2.24, 2.45) is 0 Å². The van der Waals surface area contributed by atoms with E-state index in [2.05, 4.69) is 31.5 Å². The molecule has 152 valence electrons. The molecule has 2 aliphatic rings. The number of carbonyl (C=O) groups excluding carboxylic acids is 2. The van der Waals surface area contributed by atoms with E-state index >= 15 is 0 Å². The van der Waals surface area contributed by atoms with Crippen LogP contribution in [0.1, 0.15) is 41.6 Å². The van der Waals surface area contributed by atoms with Crippen molar-refractivity contribution in [3.05, 3.63) is 63.9 Å². The SMILES string of the molecule is O=C(CN(Cc1ccc(C(=O)NC2CC2)cc1)C1CC1)Nc1ccc(Br)cc1F. The zero-order valence-corrected chi connectivity index (χ0v) is 17.5. The molecule has 5 nitrogen and oxygen atoms in total. The molecular weight excluding hydrogens is 437 g/mol. The van der Waals surface area contributed by atoms with E-state index in [0.717, 1.165) is 31.2 Å². The molecule has 0 saturated heterocycles. The Balaban J connectivity index is 1.35. The van der Waals surface area contributed by atoms with Crippen LogP contribution in [0.5, 0.6) is 0 Å². The summed E-state index contributed by atoms with van der Waals surface area (Å²) in [5, 5.41) is 5.64.